The van der Waals surface area contributed by atoms with Gasteiger partial charge in [0.05, 0.1) is 6.42 Å². The van der Waals surface area contributed by atoms with E-state index in [-0.39, 0.29) is 18.4 Å². The van der Waals surface area contributed by atoms with Gasteiger partial charge >= 0.3 is 0 Å². The van der Waals surface area contributed by atoms with Crippen LogP contribution in [-0.2, 0) is 17.6 Å². The highest BCUT2D eigenvalue weighted by Gasteiger charge is 2.14. The topological polar surface area (TPSA) is 55.1 Å². The van der Waals surface area contributed by atoms with Gasteiger partial charge in [0.1, 0.15) is 5.69 Å². The van der Waals surface area contributed by atoms with E-state index in [2.05, 4.69) is 22.6 Å². The summed E-state index contributed by atoms with van der Waals surface area (Å²) in [5, 5.41) is 8.01. The van der Waals surface area contributed by atoms with Gasteiger partial charge in [0.2, 0.25) is 5.91 Å². The Morgan fingerprint density at radius 3 is 2.79 bits per heavy atom. The molecule has 24 heavy (non-hydrogen) atoms. The molecular formula is C20H22N2O2. The number of hydrogen-bond acceptors (Lipinski definition) is 3. The van der Waals surface area contributed by atoms with Gasteiger partial charge in [-0.3, -0.25) is 4.79 Å². The SMILES string of the molecule is Cc1ccc2onc(CC(=O)NC(C)CCc3ccccc3)c2c1. The minimum Gasteiger partial charge on any atom is -0.356 e. The van der Waals surface area contributed by atoms with E-state index in [4.69, 9.17) is 4.52 Å². The van der Waals surface area contributed by atoms with Crippen LogP contribution in [0.3, 0.4) is 0 Å². The van der Waals surface area contributed by atoms with E-state index < -0.39 is 0 Å². The van der Waals surface area contributed by atoms with Gasteiger partial charge in [0.25, 0.3) is 0 Å². The molecule has 0 bridgehead atoms. The van der Waals surface area contributed by atoms with Gasteiger partial charge in [-0.2, -0.15) is 0 Å². The second-order valence-corrected chi connectivity index (χ2v) is 6.30. The number of amides is 1. The van der Waals surface area contributed by atoms with Crippen LogP contribution in [0.2, 0.25) is 0 Å². The molecule has 0 fully saturated rings. The van der Waals surface area contributed by atoms with E-state index in [9.17, 15) is 4.79 Å². The van der Waals surface area contributed by atoms with Crippen molar-refractivity contribution in [2.45, 2.75) is 39.2 Å². The maximum atomic E-state index is 12.3. The summed E-state index contributed by atoms with van der Waals surface area (Å²) in [6.07, 6.45) is 2.11. The highest BCUT2D eigenvalue weighted by molar-refractivity contribution is 5.86. The molecule has 0 saturated heterocycles. The minimum atomic E-state index is -0.0210. The molecule has 0 aliphatic rings. The van der Waals surface area contributed by atoms with Gasteiger partial charge < -0.3 is 9.84 Å². The molecule has 0 radical (unpaired) electrons. The van der Waals surface area contributed by atoms with Crippen molar-refractivity contribution in [2.24, 2.45) is 0 Å². The van der Waals surface area contributed by atoms with Crippen LogP contribution in [0.25, 0.3) is 11.0 Å². The molecular weight excluding hydrogens is 300 g/mol. The largest absolute Gasteiger partial charge is 0.356 e. The Labute approximate surface area is 141 Å². The Hall–Kier alpha value is -2.62. The van der Waals surface area contributed by atoms with Crippen LogP contribution in [0.15, 0.2) is 53.1 Å². The Balaban J connectivity index is 1.55. The number of nitrogens with one attached hydrogen (secondary N) is 1. The zero-order valence-electron chi connectivity index (χ0n) is 14.1. The lowest BCUT2D eigenvalue weighted by molar-refractivity contribution is -0.121. The smallest absolute Gasteiger partial charge is 0.226 e. The van der Waals surface area contributed by atoms with Gasteiger partial charge in [0, 0.05) is 11.4 Å². The normalized spacial score (nSPS) is 12.2. The molecule has 3 rings (SSSR count). The summed E-state index contributed by atoms with van der Waals surface area (Å²) in [6, 6.07) is 16.3. The molecule has 4 nitrogen and oxygen atoms in total. The third-order valence-corrected chi connectivity index (χ3v) is 4.14. The summed E-state index contributed by atoms with van der Waals surface area (Å²) in [5.74, 6) is -0.0210. The van der Waals surface area contributed by atoms with Crippen LogP contribution < -0.4 is 5.32 Å². The molecule has 124 valence electrons. The van der Waals surface area contributed by atoms with Gasteiger partial charge in [0.15, 0.2) is 5.58 Å². The summed E-state index contributed by atoms with van der Waals surface area (Å²) in [4.78, 5) is 12.3. The quantitative estimate of drug-likeness (QED) is 0.750. The Morgan fingerprint density at radius 2 is 2.00 bits per heavy atom. The monoisotopic (exact) mass is 322 g/mol. The number of rotatable bonds is 6. The fourth-order valence-corrected chi connectivity index (χ4v) is 2.81. The average Bonchev–Trinajstić information content (AvgIpc) is 2.96. The zero-order valence-corrected chi connectivity index (χ0v) is 14.1. The van der Waals surface area contributed by atoms with E-state index in [0.717, 1.165) is 29.4 Å². The molecule has 1 aromatic heterocycles. The van der Waals surface area contributed by atoms with Crippen molar-refractivity contribution in [1.82, 2.24) is 10.5 Å². The Morgan fingerprint density at radius 1 is 1.21 bits per heavy atom. The lowest BCUT2D eigenvalue weighted by atomic mass is 10.1. The van der Waals surface area contributed by atoms with Gasteiger partial charge in [-0.1, -0.05) is 47.1 Å². The van der Waals surface area contributed by atoms with Crippen molar-refractivity contribution in [3.63, 3.8) is 0 Å². The number of aromatic nitrogens is 1. The lowest BCUT2D eigenvalue weighted by Gasteiger charge is -2.13. The lowest BCUT2D eigenvalue weighted by Crippen LogP contribution is -2.34. The number of aryl methyl sites for hydroxylation is 2. The van der Waals surface area contributed by atoms with Crippen LogP contribution in [0.5, 0.6) is 0 Å². The van der Waals surface area contributed by atoms with Crippen LogP contribution >= 0.6 is 0 Å². The number of nitrogens with zero attached hydrogens (tertiary/aromatic N) is 1. The van der Waals surface area contributed by atoms with E-state index in [0.29, 0.717) is 5.69 Å². The summed E-state index contributed by atoms with van der Waals surface area (Å²) < 4.78 is 5.29. The van der Waals surface area contributed by atoms with Crippen molar-refractivity contribution < 1.29 is 9.32 Å². The molecule has 1 amide bonds. The van der Waals surface area contributed by atoms with E-state index in [1.807, 2.05) is 50.2 Å². The first-order valence-corrected chi connectivity index (χ1v) is 8.30. The maximum absolute atomic E-state index is 12.3. The van der Waals surface area contributed by atoms with Crippen molar-refractivity contribution >= 4 is 16.9 Å². The second-order valence-electron chi connectivity index (χ2n) is 6.30. The van der Waals surface area contributed by atoms with Gasteiger partial charge in [-0.15, -0.1) is 0 Å². The molecule has 0 aliphatic carbocycles. The standard InChI is InChI=1S/C20H22N2O2/c1-14-8-11-19-17(12-14)18(22-24-19)13-20(23)21-15(2)9-10-16-6-4-3-5-7-16/h3-8,11-12,15H,9-10,13H2,1-2H3,(H,21,23). The number of fused-ring (bicyclic) bond motifs is 1. The first-order chi connectivity index (χ1) is 11.6. The van der Waals surface area contributed by atoms with Crippen LogP contribution in [0.1, 0.15) is 30.2 Å². The van der Waals surface area contributed by atoms with Crippen LogP contribution in [-0.4, -0.2) is 17.1 Å². The summed E-state index contributed by atoms with van der Waals surface area (Å²) in [6.45, 7) is 4.05. The summed E-state index contributed by atoms with van der Waals surface area (Å²) in [5.41, 5.74) is 3.84. The highest BCUT2D eigenvalue weighted by Crippen LogP contribution is 2.20. The summed E-state index contributed by atoms with van der Waals surface area (Å²) >= 11 is 0. The molecule has 2 aromatic carbocycles. The minimum absolute atomic E-state index is 0.0210. The molecule has 1 unspecified atom stereocenters. The maximum Gasteiger partial charge on any atom is 0.226 e. The third-order valence-electron chi connectivity index (χ3n) is 4.14. The Kier molecular flexibility index (Phi) is 4.94. The zero-order chi connectivity index (χ0) is 16.9. The van der Waals surface area contributed by atoms with E-state index in [1.54, 1.807) is 0 Å². The predicted octanol–water partition coefficient (Wildman–Crippen LogP) is 3.82. The second kappa shape index (κ2) is 7.30. The highest BCUT2D eigenvalue weighted by atomic mass is 16.5. The molecule has 0 saturated carbocycles. The van der Waals surface area contributed by atoms with Gasteiger partial charge in [-0.05, 0) is 44.4 Å². The molecule has 4 heteroatoms. The molecule has 1 atom stereocenters. The molecule has 0 aliphatic heterocycles. The van der Waals surface area contributed by atoms with E-state index in [1.165, 1.54) is 5.56 Å². The number of benzene rings is 2. The first kappa shape index (κ1) is 16.2. The third kappa shape index (κ3) is 4.02. The number of carbonyl (C=O) groups is 1. The predicted molar refractivity (Wildman–Crippen MR) is 94.8 cm³/mol. The first-order valence-electron chi connectivity index (χ1n) is 8.30. The van der Waals surface area contributed by atoms with Gasteiger partial charge in [-0.25, -0.2) is 0 Å². The number of hydrogen-bond donors (Lipinski definition) is 1. The van der Waals surface area contributed by atoms with Crippen LogP contribution in [0, 0.1) is 6.92 Å². The molecule has 3 aromatic rings. The fourth-order valence-electron chi connectivity index (χ4n) is 2.81. The molecule has 1 heterocycles. The van der Waals surface area contributed by atoms with Crippen molar-refractivity contribution in [3.05, 3.63) is 65.4 Å². The van der Waals surface area contributed by atoms with Crippen LogP contribution in [0.4, 0.5) is 0 Å². The molecule has 1 N–H and O–H groups in total. The van der Waals surface area contributed by atoms with Crippen molar-refractivity contribution in [1.29, 1.82) is 0 Å². The molecule has 0 spiro atoms. The van der Waals surface area contributed by atoms with Crippen molar-refractivity contribution in [3.8, 4) is 0 Å². The Bertz CT molecular complexity index is 824. The number of carbonyl (C=O) groups excluding carboxylic acids is 1. The van der Waals surface area contributed by atoms with E-state index >= 15 is 0 Å². The fraction of sp³-hybridized carbons (Fsp3) is 0.300. The van der Waals surface area contributed by atoms with Crippen molar-refractivity contribution in [2.75, 3.05) is 0 Å². The average molecular weight is 322 g/mol. The summed E-state index contributed by atoms with van der Waals surface area (Å²) in [7, 11) is 0.